The van der Waals surface area contributed by atoms with Gasteiger partial charge in [-0.3, -0.25) is 9.59 Å². The third-order valence-corrected chi connectivity index (χ3v) is 8.38. The molecule has 0 aromatic rings. The lowest BCUT2D eigenvalue weighted by Crippen LogP contribution is -2.28. The van der Waals surface area contributed by atoms with E-state index >= 15 is 0 Å². The molecule has 272 valence electrons. The number of hydrogen-bond acceptors (Lipinski definition) is 7. The van der Waals surface area contributed by atoms with Crippen molar-refractivity contribution in [2.75, 3.05) is 13.2 Å². The minimum Gasteiger partial charge on any atom is -0.462 e. The van der Waals surface area contributed by atoms with Gasteiger partial charge in [-0.2, -0.15) is 0 Å². The van der Waals surface area contributed by atoms with Gasteiger partial charge < -0.3 is 24.8 Å². The van der Waals surface area contributed by atoms with Crippen molar-refractivity contribution in [3.8, 4) is 0 Å². The molecule has 0 aliphatic heterocycles. The summed E-state index contributed by atoms with van der Waals surface area (Å²) in [7, 11) is 0. The topological polar surface area (TPSA) is 113 Å². The highest BCUT2D eigenvalue weighted by Gasteiger charge is 2.18. The van der Waals surface area contributed by atoms with Crippen LogP contribution < -0.4 is 0 Å². The fourth-order valence-electron chi connectivity index (χ4n) is 5.03. The zero-order chi connectivity index (χ0) is 34.8. The summed E-state index contributed by atoms with van der Waals surface area (Å²) in [5, 5.41) is 29.9. The summed E-state index contributed by atoms with van der Waals surface area (Å²) in [5.74, 6) is -0.0224. The molecule has 0 amide bonds. The molecule has 0 aromatic carbocycles. The molecule has 0 radical (unpaired) electrons. The molecule has 7 heteroatoms. The van der Waals surface area contributed by atoms with E-state index in [9.17, 15) is 24.9 Å². The molecule has 0 rings (SSSR count). The molecule has 0 spiro atoms. The first-order valence-electron chi connectivity index (χ1n) is 18.8. The van der Waals surface area contributed by atoms with E-state index in [4.69, 9.17) is 9.47 Å². The van der Waals surface area contributed by atoms with Gasteiger partial charge in [0, 0.05) is 12.8 Å². The van der Waals surface area contributed by atoms with Crippen LogP contribution in [0.4, 0.5) is 0 Å². The molecule has 3 N–H and O–H groups in total. The van der Waals surface area contributed by atoms with Crippen LogP contribution in [0, 0.1) is 5.92 Å². The number of carbonyl (C=O) groups is 2. The first-order valence-corrected chi connectivity index (χ1v) is 18.8. The second kappa shape index (κ2) is 33.7. The van der Waals surface area contributed by atoms with E-state index in [1.807, 2.05) is 12.2 Å². The SMILES string of the molecule is CC/C=C\C/C=C\C/C=C\C/C=C\C[C@H](O)[C@@H](O)CCCC(=O)OC[C@H](CO)OC(=O)CCCCCCCCCCCCC(C)CC. The Labute approximate surface area is 287 Å². The Balaban J connectivity index is 3.85. The van der Waals surface area contributed by atoms with E-state index in [2.05, 4.69) is 57.2 Å². The fraction of sp³-hybridized carbons (Fsp3) is 0.750. The maximum Gasteiger partial charge on any atom is 0.306 e. The number of hydrogen-bond donors (Lipinski definition) is 3. The Morgan fingerprint density at radius 3 is 1.68 bits per heavy atom. The van der Waals surface area contributed by atoms with E-state index in [1.54, 1.807) is 0 Å². The maximum absolute atomic E-state index is 12.2. The van der Waals surface area contributed by atoms with Gasteiger partial charge in [-0.15, -0.1) is 0 Å². The number of carbonyl (C=O) groups excluding carboxylic acids is 2. The third-order valence-electron chi connectivity index (χ3n) is 8.38. The summed E-state index contributed by atoms with van der Waals surface area (Å²) in [6, 6.07) is 0. The lowest BCUT2D eigenvalue weighted by Gasteiger charge is -2.17. The predicted molar refractivity (Wildman–Crippen MR) is 194 cm³/mol. The smallest absolute Gasteiger partial charge is 0.306 e. The van der Waals surface area contributed by atoms with Gasteiger partial charge in [0.2, 0.25) is 0 Å². The first kappa shape index (κ1) is 44.8. The molecular formula is C40H70O7. The summed E-state index contributed by atoms with van der Waals surface area (Å²) in [6.07, 6.45) is 33.4. The van der Waals surface area contributed by atoms with Crippen LogP contribution in [0.1, 0.15) is 156 Å². The van der Waals surface area contributed by atoms with Gasteiger partial charge in [0.25, 0.3) is 0 Å². The number of unbranched alkanes of at least 4 members (excludes halogenated alkanes) is 9. The van der Waals surface area contributed by atoms with Crippen molar-refractivity contribution in [2.45, 2.75) is 174 Å². The van der Waals surface area contributed by atoms with Gasteiger partial charge in [-0.05, 0) is 57.3 Å². The Kier molecular flexibility index (Phi) is 32.1. The molecule has 1 unspecified atom stereocenters. The van der Waals surface area contributed by atoms with Crippen molar-refractivity contribution in [2.24, 2.45) is 5.92 Å². The molecule has 47 heavy (non-hydrogen) atoms. The Hall–Kier alpha value is -2.22. The molecule has 0 heterocycles. The van der Waals surface area contributed by atoms with E-state index in [0.717, 1.165) is 50.9 Å². The summed E-state index contributed by atoms with van der Waals surface area (Å²) in [5.41, 5.74) is 0. The summed E-state index contributed by atoms with van der Waals surface area (Å²) < 4.78 is 10.4. The molecule has 7 nitrogen and oxygen atoms in total. The highest BCUT2D eigenvalue weighted by molar-refractivity contribution is 5.70. The molecule has 4 atom stereocenters. The van der Waals surface area contributed by atoms with Crippen LogP contribution in [-0.4, -0.2) is 58.8 Å². The molecule has 0 aliphatic carbocycles. The van der Waals surface area contributed by atoms with Crippen LogP contribution in [0.3, 0.4) is 0 Å². The van der Waals surface area contributed by atoms with Crippen molar-refractivity contribution in [3.05, 3.63) is 48.6 Å². The van der Waals surface area contributed by atoms with Gasteiger partial charge in [-0.1, -0.05) is 140 Å². The number of ether oxygens (including phenoxy) is 2. The van der Waals surface area contributed by atoms with Gasteiger partial charge >= 0.3 is 11.9 Å². The average molecular weight is 663 g/mol. The van der Waals surface area contributed by atoms with Crippen LogP contribution in [0.2, 0.25) is 0 Å². The molecular weight excluding hydrogens is 592 g/mol. The number of aliphatic hydroxyl groups excluding tert-OH is 3. The number of allylic oxidation sites excluding steroid dienone is 7. The standard InChI is InChI=1S/C40H70O7/c1-4-6-7-8-9-10-11-12-16-19-22-25-29-37(42)38(43)30-27-32-39(44)46-34-36(33-41)47-40(45)31-26-23-20-17-14-13-15-18-21-24-28-35(3)5-2/h6-7,9-10,12,16,22,25,35-38,41-43H,4-5,8,11,13-15,17-21,23-24,26-34H2,1-3H3/b7-6-,10-9-,16-12-,25-22-/t35?,36-,37-,38-/m0/s1. The van der Waals surface area contributed by atoms with Crippen LogP contribution in [-0.2, 0) is 19.1 Å². The number of rotatable bonds is 32. The third kappa shape index (κ3) is 30.8. The van der Waals surface area contributed by atoms with Crippen LogP contribution in [0.25, 0.3) is 0 Å². The minimum atomic E-state index is -0.935. The highest BCUT2D eigenvalue weighted by atomic mass is 16.6. The first-order chi connectivity index (χ1) is 22.8. The maximum atomic E-state index is 12.2. The van der Waals surface area contributed by atoms with Crippen molar-refractivity contribution in [1.29, 1.82) is 0 Å². The van der Waals surface area contributed by atoms with Gasteiger partial charge in [-0.25, -0.2) is 0 Å². The fourth-order valence-corrected chi connectivity index (χ4v) is 5.03. The van der Waals surface area contributed by atoms with Crippen LogP contribution in [0.15, 0.2) is 48.6 Å². The highest BCUT2D eigenvalue weighted by Crippen LogP contribution is 2.16. The van der Waals surface area contributed by atoms with Gasteiger partial charge in [0.1, 0.15) is 6.61 Å². The molecule has 0 saturated heterocycles. The van der Waals surface area contributed by atoms with E-state index in [0.29, 0.717) is 19.3 Å². The Bertz CT molecular complexity index is 848. The normalized spacial score (nSPS) is 14.8. The lowest BCUT2D eigenvalue weighted by atomic mass is 9.99. The predicted octanol–water partition coefficient (Wildman–Crippen LogP) is 9.25. The molecule has 0 saturated carbocycles. The van der Waals surface area contributed by atoms with E-state index < -0.39 is 30.9 Å². The molecule has 0 aliphatic rings. The summed E-state index contributed by atoms with van der Waals surface area (Å²) in [4.78, 5) is 24.3. The summed E-state index contributed by atoms with van der Waals surface area (Å²) >= 11 is 0. The Morgan fingerprint density at radius 1 is 0.617 bits per heavy atom. The van der Waals surface area contributed by atoms with Crippen molar-refractivity contribution in [1.82, 2.24) is 0 Å². The number of esters is 2. The monoisotopic (exact) mass is 663 g/mol. The van der Waals surface area contributed by atoms with Crippen LogP contribution in [0.5, 0.6) is 0 Å². The minimum absolute atomic E-state index is 0.0675. The zero-order valence-corrected chi connectivity index (χ0v) is 30.2. The number of aliphatic hydroxyl groups is 3. The van der Waals surface area contributed by atoms with Crippen molar-refractivity contribution >= 4 is 11.9 Å². The van der Waals surface area contributed by atoms with Crippen LogP contribution >= 0.6 is 0 Å². The summed E-state index contributed by atoms with van der Waals surface area (Å²) in [6.45, 7) is 6.11. The Morgan fingerprint density at radius 2 is 1.13 bits per heavy atom. The molecule has 0 aromatic heterocycles. The quantitative estimate of drug-likeness (QED) is 0.0374. The van der Waals surface area contributed by atoms with Crippen molar-refractivity contribution in [3.63, 3.8) is 0 Å². The van der Waals surface area contributed by atoms with Gasteiger partial charge in [0.05, 0.1) is 18.8 Å². The van der Waals surface area contributed by atoms with Crippen molar-refractivity contribution < 1.29 is 34.4 Å². The zero-order valence-electron chi connectivity index (χ0n) is 30.2. The molecule has 0 fully saturated rings. The average Bonchev–Trinajstić information content (AvgIpc) is 3.07. The second-order valence-electron chi connectivity index (χ2n) is 12.8. The molecule has 0 bridgehead atoms. The largest absolute Gasteiger partial charge is 0.462 e. The second-order valence-corrected chi connectivity index (χ2v) is 12.8. The lowest BCUT2D eigenvalue weighted by molar-refractivity contribution is -0.161. The van der Waals surface area contributed by atoms with E-state index in [-0.39, 0.29) is 25.4 Å². The van der Waals surface area contributed by atoms with Gasteiger partial charge in [0.15, 0.2) is 6.10 Å². The van der Waals surface area contributed by atoms with E-state index in [1.165, 1.54) is 57.8 Å².